The number of carbonyl (C=O) groups excluding carboxylic acids is 4. The fourth-order valence-corrected chi connectivity index (χ4v) is 6.06. The highest BCUT2D eigenvalue weighted by Gasteiger charge is 2.47. The molecule has 4 rings (SSSR count). The third-order valence-electron chi connectivity index (χ3n) is 6.61. The van der Waals surface area contributed by atoms with Crippen molar-refractivity contribution in [2.75, 3.05) is 12.8 Å². The number of likely N-dealkylation sites (N-methyl/N-ethyl adjacent to an activating group) is 1. The van der Waals surface area contributed by atoms with E-state index in [0.717, 1.165) is 25.7 Å². The summed E-state index contributed by atoms with van der Waals surface area (Å²) < 4.78 is 31.2. The number of piperidine rings is 1. The first kappa shape index (κ1) is 28.0. The Balaban J connectivity index is 0.000000538. The molecule has 0 bridgehead atoms. The molecule has 2 heterocycles. The summed E-state index contributed by atoms with van der Waals surface area (Å²) in [7, 11) is 1.71. The molecule has 0 radical (unpaired) electrons. The lowest BCUT2D eigenvalue weighted by Crippen LogP contribution is -2.60. The number of hydrogen-bond acceptors (Lipinski definition) is 6. The zero-order valence-corrected chi connectivity index (χ0v) is 21.0. The standard InChI is InChI=1S/C22H30N4O3S.C2HF3O/c1-13(23-2)20(27)25-17-10-11-19-26(22(17)29)18(12-30-19)21(28)24-16-9-5-7-14-6-3-4-8-15(14)16;3-2(4,5)1-6/h3-4,6,8,13,16-19,23H,5,7,9-12H2,1-2H3,(H,24,28)(H,25,27);1H/t13-,16?,17+,18+,19?;/m1./s1. The summed E-state index contributed by atoms with van der Waals surface area (Å²) in [5.74, 6) is 0.179. The molecular weight excluding hydrogens is 497 g/mol. The molecule has 2 unspecified atom stereocenters. The Morgan fingerprint density at radius 1 is 1.14 bits per heavy atom. The number of hydrogen-bond donors (Lipinski definition) is 3. The van der Waals surface area contributed by atoms with Gasteiger partial charge in [0.2, 0.25) is 24.0 Å². The molecule has 3 N–H and O–H groups in total. The van der Waals surface area contributed by atoms with Crippen LogP contribution in [0.1, 0.15) is 49.8 Å². The van der Waals surface area contributed by atoms with E-state index < -0.39 is 24.5 Å². The molecule has 2 saturated heterocycles. The fourth-order valence-electron chi connectivity index (χ4n) is 4.63. The second kappa shape index (κ2) is 12.1. The maximum Gasteiger partial charge on any atom is 0.446 e. The van der Waals surface area contributed by atoms with Gasteiger partial charge in [-0.2, -0.15) is 13.2 Å². The molecular formula is C24H31F3N4O4S. The van der Waals surface area contributed by atoms with Crippen LogP contribution in [0, 0.1) is 0 Å². The number of rotatable bonds is 5. The van der Waals surface area contributed by atoms with Crippen LogP contribution in [0.4, 0.5) is 13.2 Å². The van der Waals surface area contributed by atoms with Crippen molar-refractivity contribution in [1.29, 1.82) is 0 Å². The van der Waals surface area contributed by atoms with Crippen molar-refractivity contribution in [1.82, 2.24) is 20.9 Å². The SMILES string of the molecule is CN[C@H](C)C(=O)N[C@H]1CCC2SC[C@@H](C(=O)NC3CCCc4ccccc43)N2C1=O.O=CC(F)(F)F. The molecule has 8 nitrogen and oxygen atoms in total. The first-order valence-corrected chi connectivity index (χ1v) is 12.9. The first-order chi connectivity index (χ1) is 17.1. The van der Waals surface area contributed by atoms with Crippen molar-refractivity contribution in [3.05, 3.63) is 35.4 Å². The molecule has 0 aromatic heterocycles. The Hall–Kier alpha value is -2.60. The summed E-state index contributed by atoms with van der Waals surface area (Å²) in [4.78, 5) is 49.0. The number of amides is 3. The second-order valence-corrected chi connectivity index (χ2v) is 10.2. The van der Waals surface area contributed by atoms with E-state index in [9.17, 15) is 27.6 Å². The third kappa shape index (κ3) is 6.78. The van der Waals surface area contributed by atoms with E-state index in [-0.39, 0.29) is 35.2 Å². The van der Waals surface area contributed by atoms with Crippen molar-refractivity contribution in [2.24, 2.45) is 0 Å². The van der Waals surface area contributed by atoms with Crippen LogP contribution in [0.15, 0.2) is 24.3 Å². The van der Waals surface area contributed by atoms with Crippen LogP contribution in [0.2, 0.25) is 0 Å². The maximum absolute atomic E-state index is 13.2. The smallest absolute Gasteiger partial charge is 0.347 e. The molecule has 12 heteroatoms. The van der Waals surface area contributed by atoms with Crippen molar-refractivity contribution in [3.63, 3.8) is 0 Å². The molecule has 0 saturated carbocycles. The van der Waals surface area contributed by atoms with Gasteiger partial charge < -0.3 is 20.9 Å². The Morgan fingerprint density at radius 2 is 1.83 bits per heavy atom. The van der Waals surface area contributed by atoms with E-state index in [0.29, 0.717) is 12.2 Å². The van der Waals surface area contributed by atoms with Crippen LogP contribution in [0.5, 0.6) is 0 Å². The predicted molar refractivity (Wildman–Crippen MR) is 129 cm³/mol. The van der Waals surface area contributed by atoms with Gasteiger partial charge in [0.15, 0.2) is 0 Å². The molecule has 1 aromatic rings. The molecule has 3 amide bonds. The van der Waals surface area contributed by atoms with Crippen LogP contribution < -0.4 is 16.0 Å². The van der Waals surface area contributed by atoms with Crippen LogP contribution >= 0.6 is 11.8 Å². The molecule has 36 heavy (non-hydrogen) atoms. The van der Waals surface area contributed by atoms with Crippen LogP contribution in [-0.2, 0) is 25.6 Å². The van der Waals surface area contributed by atoms with E-state index in [1.807, 2.05) is 12.1 Å². The number of nitrogens with zero attached hydrogens (tertiary/aromatic N) is 1. The number of halogens is 3. The summed E-state index contributed by atoms with van der Waals surface area (Å²) >= 11 is 1.67. The predicted octanol–water partition coefficient (Wildman–Crippen LogP) is 2.08. The number of thioether (sulfide) groups is 1. The highest BCUT2D eigenvalue weighted by molar-refractivity contribution is 8.00. The number of aldehydes is 1. The summed E-state index contributed by atoms with van der Waals surface area (Å²) in [5, 5.41) is 8.97. The lowest BCUT2D eigenvalue weighted by Gasteiger charge is -2.37. The van der Waals surface area contributed by atoms with Gasteiger partial charge in [0.25, 0.3) is 0 Å². The number of fused-ring (bicyclic) bond motifs is 2. The molecule has 0 spiro atoms. The molecule has 198 valence electrons. The van der Waals surface area contributed by atoms with Gasteiger partial charge in [0.05, 0.1) is 17.5 Å². The zero-order valence-electron chi connectivity index (χ0n) is 20.1. The molecule has 1 aromatic carbocycles. The quantitative estimate of drug-likeness (QED) is 0.506. The van der Waals surface area contributed by atoms with Crippen LogP contribution in [0.3, 0.4) is 0 Å². The number of alkyl halides is 3. The number of carbonyl (C=O) groups is 4. The molecule has 1 aliphatic carbocycles. The maximum atomic E-state index is 13.2. The van der Waals surface area contributed by atoms with Gasteiger partial charge in [-0.3, -0.25) is 19.2 Å². The van der Waals surface area contributed by atoms with Crippen molar-refractivity contribution < 1.29 is 32.3 Å². The summed E-state index contributed by atoms with van der Waals surface area (Å²) in [5.41, 5.74) is 2.48. The topological polar surface area (TPSA) is 108 Å². The average molecular weight is 529 g/mol. The van der Waals surface area contributed by atoms with Crippen molar-refractivity contribution in [3.8, 4) is 0 Å². The minimum absolute atomic E-state index is 0.00151. The lowest BCUT2D eigenvalue weighted by atomic mass is 9.87. The van der Waals surface area contributed by atoms with Gasteiger partial charge in [0.1, 0.15) is 12.1 Å². The highest BCUT2D eigenvalue weighted by Crippen LogP contribution is 2.37. The van der Waals surface area contributed by atoms with Crippen LogP contribution in [0.25, 0.3) is 0 Å². The largest absolute Gasteiger partial charge is 0.446 e. The number of aryl methyl sites for hydroxylation is 1. The number of nitrogens with one attached hydrogen (secondary N) is 3. The zero-order chi connectivity index (χ0) is 26.5. The first-order valence-electron chi connectivity index (χ1n) is 11.9. The van der Waals surface area contributed by atoms with E-state index in [2.05, 4.69) is 28.1 Å². The second-order valence-electron chi connectivity index (χ2n) is 9.01. The van der Waals surface area contributed by atoms with Crippen molar-refractivity contribution in [2.45, 2.75) is 74.7 Å². The molecule has 2 fully saturated rings. The molecule has 2 aliphatic heterocycles. The minimum atomic E-state index is -4.64. The van der Waals surface area contributed by atoms with Gasteiger partial charge >= 0.3 is 6.18 Å². The van der Waals surface area contributed by atoms with E-state index in [1.54, 1.807) is 30.6 Å². The third-order valence-corrected chi connectivity index (χ3v) is 7.97. The van der Waals surface area contributed by atoms with E-state index in [1.165, 1.54) is 11.1 Å². The molecule has 5 atom stereocenters. The van der Waals surface area contributed by atoms with E-state index in [4.69, 9.17) is 4.79 Å². The Kier molecular flexibility index (Phi) is 9.40. The van der Waals surface area contributed by atoms with Gasteiger partial charge in [-0.15, -0.1) is 11.8 Å². The van der Waals surface area contributed by atoms with Gasteiger partial charge in [-0.25, -0.2) is 0 Å². The molecule has 3 aliphatic rings. The van der Waals surface area contributed by atoms with Gasteiger partial charge in [-0.05, 0) is 57.2 Å². The monoisotopic (exact) mass is 528 g/mol. The Morgan fingerprint density at radius 3 is 2.50 bits per heavy atom. The van der Waals surface area contributed by atoms with Crippen molar-refractivity contribution >= 4 is 35.8 Å². The minimum Gasteiger partial charge on any atom is -0.347 e. The normalized spacial score (nSPS) is 26.0. The Labute approximate surface area is 212 Å². The average Bonchev–Trinajstić information content (AvgIpc) is 3.30. The summed E-state index contributed by atoms with van der Waals surface area (Å²) in [6, 6.07) is 6.86. The number of benzene rings is 1. The summed E-state index contributed by atoms with van der Waals surface area (Å²) in [6.45, 7) is 1.76. The van der Waals surface area contributed by atoms with Gasteiger partial charge in [0, 0.05) is 5.75 Å². The fraction of sp³-hybridized carbons (Fsp3) is 0.583. The highest BCUT2D eigenvalue weighted by atomic mass is 32.2. The van der Waals surface area contributed by atoms with Crippen LogP contribution in [-0.4, -0.2) is 71.4 Å². The van der Waals surface area contributed by atoms with Gasteiger partial charge in [-0.1, -0.05) is 24.3 Å². The van der Waals surface area contributed by atoms with E-state index >= 15 is 0 Å². The lowest BCUT2D eigenvalue weighted by molar-refractivity contribution is -0.156. The Bertz CT molecular complexity index is 977. The summed E-state index contributed by atoms with van der Waals surface area (Å²) in [6.07, 6.45) is -1.30.